The van der Waals surface area contributed by atoms with Gasteiger partial charge in [-0.1, -0.05) is 19.1 Å². The van der Waals surface area contributed by atoms with Crippen molar-refractivity contribution in [3.63, 3.8) is 0 Å². The highest BCUT2D eigenvalue weighted by molar-refractivity contribution is 8.05. The number of rotatable bonds is 0. The molecule has 0 aromatic carbocycles. The van der Waals surface area contributed by atoms with Crippen molar-refractivity contribution >= 4 is 11.8 Å². The largest absolute Gasteiger partial charge is 0.103 e. The normalized spacial score (nSPS) is 27.8. The van der Waals surface area contributed by atoms with Crippen LogP contribution in [0.25, 0.3) is 0 Å². The van der Waals surface area contributed by atoms with Crippen LogP contribution in [0, 0.1) is 5.92 Å². The Morgan fingerprint density at radius 1 is 1.62 bits per heavy atom. The Balaban J connectivity index is 2.60. The van der Waals surface area contributed by atoms with Gasteiger partial charge in [-0.15, -0.1) is 11.8 Å². The van der Waals surface area contributed by atoms with Crippen LogP contribution in [0.5, 0.6) is 0 Å². The first kappa shape index (κ1) is 5.96. The molecule has 0 N–H and O–H groups in total. The molecule has 1 heteroatoms. The lowest BCUT2D eigenvalue weighted by Crippen LogP contribution is -1.86. The van der Waals surface area contributed by atoms with E-state index < -0.39 is 0 Å². The predicted molar refractivity (Wildman–Crippen MR) is 39.7 cm³/mol. The molecular formula is C7H10S. The lowest BCUT2D eigenvalue weighted by Gasteiger charge is -2.05. The summed E-state index contributed by atoms with van der Waals surface area (Å²) in [6.45, 7) is 4.34. The molecule has 1 aliphatic rings. The summed E-state index contributed by atoms with van der Waals surface area (Å²) in [6, 6.07) is 0. The highest BCUT2D eigenvalue weighted by Gasteiger charge is 1.97. The minimum atomic E-state index is 0.649. The van der Waals surface area contributed by atoms with Gasteiger partial charge in [-0.3, -0.25) is 0 Å². The molecule has 0 saturated carbocycles. The second-order valence-electron chi connectivity index (χ2n) is 2.08. The van der Waals surface area contributed by atoms with E-state index in [1.54, 1.807) is 11.8 Å². The van der Waals surface area contributed by atoms with Crippen molar-refractivity contribution in [1.82, 2.24) is 0 Å². The summed E-state index contributed by atoms with van der Waals surface area (Å²) in [7, 11) is 0. The van der Waals surface area contributed by atoms with Crippen LogP contribution in [0.3, 0.4) is 0 Å². The van der Waals surface area contributed by atoms with E-state index in [9.17, 15) is 0 Å². The van der Waals surface area contributed by atoms with E-state index in [0.29, 0.717) is 5.92 Å². The molecule has 0 amide bonds. The molecule has 0 nitrogen and oxygen atoms in total. The molecule has 0 spiro atoms. The van der Waals surface area contributed by atoms with Crippen molar-refractivity contribution in [3.8, 4) is 0 Å². The maximum atomic E-state index is 2.27. The van der Waals surface area contributed by atoms with Crippen molar-refractivity contribution in [2.45, 2.75) is 13.8 Å². The van der Waals surface area contributed by atoms with Gasteiger partial charge in [-0.05, 0) is 23.2 Å². The minimum Gasteiger partial charge on any atom is -0.103 e. The Labute approximate surface area is 54.7 Å². The lowest BCUT2D eigenvalue weighted by molar-refractivity contribution is 0.934. The van der Waals surface area contributed by atoms with Gasteiger partial charge in [0.25, 0.3) is 0 Å². The summed E-state index contributed by atoms with van der Waals surface area (Å²) in [5.74, 6) is 0.649. The van der Waals surface area contributed by atoms with Gasteiger partial charge >= 0.3 is 0 Å². The molecule has 1 heterocycles. The van der Waals surface area contributed by atoms with Crippen molar-refractivity contribution < 1.29 is 0 Å². The lowest BCUT2D eigenvalue weighted by atomic mass is 10.2. The average molecular weight is 126 g/mol. The monoisotopic (exact) mass is 126 g/mol. The van der Waals surface area contributed by atoms with Crippen LogP contribution < -0.4 is 0 Å². The summed E-state index contributed by atoms with van der Waals surface area (Å²) in [4.78, 5) is 1.42. The zero-order chi connectivity index (χ0) is 5.98. The van der Waals surface area contributed by atoms with Crippen LogP contribution in [0.4, 0.5) is 0 Å². The van der Waals surface area contributed by atoms with E-state index in [1.165, 1.54) is 4.91 Å². The van der Waals surface area contributed by atoms with Gasteiger partial charge in [0, 0.05) is 0 Å². The Morgan fingerprint density at radius 3 is 2.75 bits per heavy atom. The first-order valence-electron chi connectivity index (χ1n) is 2.81. The quantitative estimate of drug-likeness (QED) is 0.481. The molecule has 1 aliphatic heterocycles. The summed E-state index contributed by atoms with van der Waals surface area (Å²) >= 11 is 1.80. The van der Waals surface area contributed by atoms with Crippen molar-refractivity contribution in [1.29, 1.82) is 0 Å². The predicted octanol–water partition coefficient (Wildman–Crippen LogP) is 2.79. The number of thioether (sulfide) groups is 1. The standard InChI is InChI=1S/C7H10S/c1-6-3-4-8-7(2)5-6/h3-6H,1-2H3. The van der Waals surface area contributed by atoms with Crippen LogP contribution in [0.15, 0.2) is 22.5 Å². The fraction of sp³-hybridized carbons (Fsp3) is 0.429. The third kappa shape index (κ3) is 1.41. The van der Waals surface area contributed by atoms with Crippen LogP contribution in [-0.2, 0) is 0 Å². The molecule has 1 atom stereocenters. The van der Waals surface area contributed by atoms with E-state index in [2.05, 4.69) is 31.4 Å². The fourth-order valence-corrected chi connectivity index (χ4v) is 1.57. The molecule has 1 unspecified atom stereocenters. The molecule has 0 aromatic heterocycles. The molecule has 1 rings (SSSR count). The van der Waals surface area contributed by atoms with Gasteiger partial charge in [-0.2, -0.15) is 0 Å². The third-order valence-corrected chi connectivity index (χ3v) is 1.93. The number of hydrogen-bond donors (Lipinski definition) is 0. The molecule has 0 radical (unpaired) electrons. The molecule has 0 bridgehead atoms. The molecule has 0 aromatic rings. The van der Waals surface area contributed by atoms with Gasteiger partial charge in [0.1, 0.15) is 0 Å². The van der Waals surface area contributed by atoms with E-state index in [0.717, 1.165) is 0 Å². The molecule has 8 heavy (non-hydrogen) atoms. The van der Waals surface area contributed by atoms with Crippen molar-refractivity contribution in [3.05, 3.63) is 22.5 Å². The summed E-state index contributed by atoms with van der Waals surface area (Å²) in [5, 5.41) is 2.15. The van der Waals surface area contributed by atoms with Crippen LogP contribution >= 0.6 is 11.8 Å². The van der Waals surface area contributed by atoms with Crippen LogP contribution in [0.2, 0.25) is 0 Å². The molecule has 0 saturated heterocycles. The maximum Gasteiger partial charge on any atom is -0.00627 e. The highest BCUT2D eigenvalue weighted by atomic mass is 32.2. The van der Waals surface area contributed by atoms with Crippen LogP contribution in [0.1, 0.15) is 13.8 Å². The summed E-state index contributed by atoms with van der Waals surface area (Å²) < 4.78 is 0. The average Bonchev–Trinajstić information content (AvgIpc) is 1.64. The van der Waals surface area contributed by atoms with Gasteiger partial charge in [0.15, 0.2) is 0 Å². The zero-order valence-electron chi connectivity index (χ0n) is 5.22. The van der Waals surface area contributed by atoms with Gasteiger partial charge in [-0.25, -0.2) is 0 Å². The van der Waals surface area contributed by atoms with E-state index in [-0.39, 0.29) is 0 Å². The van der Waals surface area contributed by atoms with Gasteiger partial charge < -0.3 is 0 Å². The second-order valence-corrected chi connectivity index (χ2v) is 3.23. The third-order valence-electron chi connectivity index (χ3n) is 1.13. The molecule has 0 fully saturated rings. The van der Waals surface area contributed by atoms with E-state index in [1.807, 2.05) is 0 Å². The first-order valence-corrected chi connectivity index (χ1v) is 3.69. The Morgan fingerprint density at radius 2 is 2.38 bits per heavy atom. The minimum absolute atomic E-state index is 0.649. The number of allylic oxidation sites excluding steroid dienone is 3. The molecular weight excluding hydrogens is 116 g/mol. The second kappa shape index (κ2) is 2.40. The van der Waals surface area contributed by atoms with Crippen molar-refractivity contribution in [2.24, 2.45) is 5.92 Å². The first-order chi connectivity index (χ1) is 3.79. The number of hydrogen-bond acceptors (Lipinski definition) is 1. The summed E-state index contributed by atoms with van der Waals surface area (Å²) in [6.07, 6.45) is 4.47. The Hall–Kier alpha value is -0.170. The Bertz CT molecular complexity index is 133. The molecule has 44 valence electrons. The van der Waals surface area contributed by atoms with Gasteiger partial charge in [0.05, 0.1) is 0 Å². The maximum absolute atomic E-state index is 2.27. The molecule has 0 aliphatic carbocycles. The Kier molecular flexibility index (Phi) is 1.79. The van der Waals surface area contributed by atoms with Gasteiger partial charge in [0.2, 0.25) is 0 Å². The fourth-order valence-electron chi connectivity index (χ4n) is 0.736. The van der Waals surface area contributed by atoms with Crippen molar-refractivity contribution in [2.75, 3.05) is 0 Å². The topological polar surface area (TPSA) is 0 Å². The van der Waals surface area contributed by atoms with E-state index in [4.69, 9.17) is 0 Å². The SMILES string of the molecule is CC1=CC(C)C=CS1. The van der Waals surface area contributed by atoms with Crippen LogP contribution in [-0.4, -0.2) is 0 Å². The summed E-state index contributed by atoms with van der Waals surface area (Å²) in [5.41, 5.74) is 0. The highest BCUT2D eigenvalue weighted by Crippen LogP contribution is 2.23. The zero-order valence-corrected chi connectivity index (χ0v) is 6.03. The smallest absolute Gasteiger partial charge is 0.00627 e. The van der Waals surface area contributed by atoms with E-state index >= 15 is 0 Å².